The van der Waals surface area contributed by atoms with Crippen molar-refractivity contribution < 1.29 is 14.0 Å². The van der Waals surface area contributed by atoms with Crippen LogP contribution in [0.25, 0.3) is 0 Å². The number of halogens is 1. The third kappa shape index (κ3) is 3.38. The Hall–Kier alpha value is -1.91. The van der Waals surface area contributed by atoms with Crippen molar-refractivity contribution in [3.05, 3.63) is 35.6 Å². The summed E-state index contributed by atoms with van der Waals surface area (Å²) in [4.78, 5) is 26.3. The molecule has 1 aromatic carbocycles. The molecule has 2 fully saturated rings. The van der Waals surface area contributed by atoms with E-state index < -0.39 is 0 Å². The summed E-state index contributed by atoms with van der Waals surface area (Å²) in [5.41, 5.74) is 1.05. The summed E-state index contributed by atoms with van der Waals surface area (Å²) in [6, 6.07) is 6.15. The Morgan fingerprint density at radius 2 is 2.00 bits per heavy atom. The van der Waals surface area contributed by atoms with E-state index in [0.717, 1.165) is 18.4 Å². The number of hydrogen-bond donors (Lipinski definition) is 1. The standard InChI is InChI=1S/C18H23FN2O2/c1-11(2)17(21-9-3-4-16(21)22)18(23)20-15-10-14(15)12-5-7-13(19)8-6-12/h5-8,11,14-15,17H,3-4,9-10H2,1-2H3,(H,20,23)/t14-,15-,17+/m0/s1. The molecule has 3 atom stereocenters. The fourth-order valence-electron chi connectivity index (χ4n) is 3.47. The average Bonchev–Trinajstić information content (AvgIpc) is 3.13. The van der Waals surface area contributed by atoms with Crippen molar-refractivity contribution in [1.82, 2.24) is 10.2 Å². The Balaban J connectivity index is 1.62. The lowest BCUT2D eigenvalue weighted by Gasteiger charge is -2.30. The third-order valence-corrected chi connectivity index (χ3v) is 4.76. The number of benzene rings is 1. The van der Waals surface area contributed by atoms with E-state index in [4.69, 9.17) is 0 Å². The van der Waals surface area contributed by atoms with Crippen LogP contribution in [0.3, 0.4) is 0 Å². The molecule has 0 radical (unpaired) electrons. The minimum Gasteiger partial charge on any atom is -0.351 e. The van der Waals surface area contributed by atoms with E-state index >= 15 is 0 Å². The minimum absolute atomic E-state index is 0.0649. The summed E-state index contributed by atoms with van der Waals surface area (Å²) in [5, 5.41) is 3.07. The molecule has 0 aromatic heterocycles. The van der Waals surface area contributed by atoms with Crippen LogP contribution in [-0.4, -0.2) is 35.3 Å². The summed E-state index contributed by atoms with van der Waals surface area (Å²) < 4.78 is 13.0. The fourth-order valence-corrected chi connectivity index (χ4v) is 3.47. The SMILES string of the molecule is CC(C)[C@H](C(=O)N[C@H]1C[C@H]1c1ccc(F)cc1)N1CCCC1=O. The molecule has 5 heteroatoms. The van der Waals surface area contributed by atoms with Crippen LogP contribution >= 0.6 is 0 Å². The quantitative estimate of drug-likeness (QED) is 0.906. The number of likely N-dealkylation sites (tertiary alicyclic amines) is 1. The first-order chi connectivity index (χ1) is 11.0. The lowest BCUT2D eigenvalue weighted by molar-refractivity contribution is -0.139. The lowest BCUT2D eigenvalue weighted by Crippen LogP contribution is -2.51. The first-order valence-electron chi connectivity index (χ1n) is 8.32. The highest BCUT2D eigenvalue weighted by atomic mass is 19.1. The van der Waals surface area contributed by atoms with Crippen molar-refractivity contribution in [3.63, 3.8) is 0 Å². The predicted octanol–water partition coefficient (Wildman–Crippen LogP) is 2.44. The van der Waals surface area contributed by atoms with E-state index in [9.17, 15) is 14.0 Å². The van der Waals surface area contributed by atoms with Crippen LogP contribution in [0.2, 0.25) is 0 Å². The lowest BCUT2D eigenvalue weighted by atomic mass is 10.0. The van der Waals surface area contributed by atoms with Crippen LogP contribution < -0.4 is 5.32 Å². The average molecular weight is 318 g/mol. The molecule has 1 aliphatic heterocycles. The van der Waals surface area contributed by atoms with Gasteiger partial charge in [0, 0.05) is 24.9 Å². The summed E-state index contributed by atoms with van der Waals surface area (Å²) in [5.74, 6) is 0.0960. The Kier molecular flexibility index (Phi) is 4.37. The van der Waals surface area contributed by atoms with Gasteiger partial charge in [-0.05, 0) is 36.5 Å². The normalized spacial score (nSPS) is 24.9. The summed E-state index contributed by atoms with van der Waals surface area (Å²) in [6.45, 7) is 4.61. The Morgan fingerprint density at radius 1 is 1.30 bits per heavy atom. The van der Waals surface area contributed by atoms with Gasteiger partial charge in [-0.2, -0.15) is 0 Å². The van der Waals surface area contributed by atoms with Gasteiger partial charge in [-0.1, -0.05) is 26.0 Å². The van der Waals surface area contributed by atoms with Gasteiger partial charge in [-0.25, -0.2) is 4.39 Å². The summed E-state index contributed by atoms with van der Waals surface area (Å²) in [7, 11) is 0. The van der Waals surface area contributed by atoms with Crippen LogP contribution in [0.5, 0.6) is 0 Å². The molecule has 124 valence electrons. The van der Waals surface area contributed by atoms with Crippen molar-refractivity contribution in [3.8, 4) is 0 Å². The van der Waals surface area contributed by atoms with Crippen LogP contribution in [-0.2, 0) is 9.59 Å². The van der Waals surface area contributed by atoms with Crippen molar-refractivity contribution in [2.45, 2.75) is 51.1 Å². The van der Waals surface area contributed by atoms with Gasteiger partial charge in [0.25, 0.3) is 0 Å². The van der Waals surface area contributed by atoms with Crippen molar-refractivity contribution in [2.24, 2.45) is 5.92 Å². The smallest absolute Gasteiger partial charge is 0.243 e. The van der Waals surface area contributed by atoms with Gasteiger partial charge in [-0.3, -0.25) is 9.59 Å². The first kappa shape index (κ1) is 16.0. The van der Waals surface area contributed by atoms with Crippen LogP contribution in [0, 0.1) is 11.7 Å². The molecule has 1 N–H and O–H groups in total. The Morgan fingerprint density at radius 3 is 2.57 bits per heavy atom. The molecular formula is C18H23FN2O2. The van der Waals surface area contributed by atoms with Crippen molar-refractivity contribution in [1.29, 1.82) is 0 Å². The second kappa shape index (κ2) is 6.30. The largest absolute Gasteiger partial charge is 0.351 e. The highest BCUT2D eigenvalue weighted by molar-refractivity contribution is 5.89. The maximum absolute atomic E-state index is 13.0. The number of carbonyl (C=O) groups is 2. The number of amides is 2. The molecule has 23 heavy (non-hydrogen) atoms. The van der Waals surface area contributed by atoms with Crippen molar-refractivity contribution >= 4 is 11.8 Å². The number of nitrogens with one attached hydrogen (secondary N) is 1. The van der Waals surface area contributed by atoms with Gasteiger partial charge < -0.3 is 10.2 Å². The molecule has 1 aromatic rings. The number of carbonyl (C=O) groups excluding carboxylic acids is 2. The van der Waals surface area contributed by atoms with E-state index in [1.165, 1.54) is 12.1 Å². The van der Waals surface area contributed by atoms with E-state index in [2.05, 4.69) is 5.32 Å². The van der Waals surface area contributed by atoms with E-state index in [1.807, 2.05) is 13.8 Å². The number of nitrogens with zero attached hydrogens (tertiary/aromatic N) is 1. The molecule has 1 heterocycles. The van der Waals surface area contributed by atoms with Crippen LogP contribution in [0.1, 0.15) is 44.6 Å². The first-order valence-corrected chi connectivity index (χ1v) is 8.32. The zero-order valence-corrected chi connectivity index (χ0v) is 13.6. The maximum Gasteiger partial charge on any atom is 0.243 e. The molecule has 1 saturated heterocycles. The zero-order chi connectivity index (χ0) is 16.6. The molecule has 0 spiro atoms. The number of rotatable bonds is 5. The molecule has 0 unspecified atom stereocenters. The molecular weight excluding hydrogens is 295 g/mol. The minimum atomic E-state index is -0.389. The van der Waals surface area contributed by atoms with Gasteiger partial charge in [0.15, 0.2) is 0 Å². The third-order valence-electron chi connectivity index (χ3n) is 4.76. The monoisotopic (exact) mass is 318 g/mol. The fraction of sp³-hybridized carbons (Fsp3) is 0.556. The highest BCUT2D eigenvalue weighted by Gasteiger charge is 2.42. The molecule has 1 aliphatic carbocycles. The number of hydrogen-bond acceptors (Lipinski definition) is 2. The van der Waals surface area contributed by atoms with Gasteiger partial charge in [0.05, 0.1) is 0 Å². The molecule has 0 bridgehead atoms. The second-order valence-corrected chi connectivity index (χ2v) is 6.89. The van der Waals surface area contributed by atoms with Crippen molar-refractivity contribution in [2.75, 3.05) is 6.54 Å². The van der Waals surface area contributed by atoms with E-state index in [1.54, 1.807) is 17.0 Å². The van der Waals surface area contributed by atoms with Gasteiger partial charge >= 0.3 is 0 Å². The molecule has 1 saturated carbocycles. The zero-order valence-electron chi connectivity index (χ0n) is 13.6. The van der Waals surface area contributed by atoms with E-state index in [-0.39, 0.29) is 41.6 Å². The summed E-state index contributed by atoms with van der Waals surface area (Å²) in [6.07, 6.45) is 2.24. The van der Waals surface area contributed by atoms with Crippen LogP contribution in [0.4, 0.5) is 4.39 Å². The highest BCUT2D eigenvalue weighted by Crippen LogP contribution is 2.41. The van der Waals surface area contributed by atoms with Crippen LogP contribution in [0.15, 0.2) is 24.3 Å². The van der Waals surface area contributed by atoms with Gasteiger partial charge in [0.2, 0.25) is 11.8 Å². The molecule has 2 amide bonds. The summed E-state index contributed by atoms with van der Waals surface area (Å²) >= 11 is 0. The molecule has 4 nitrogen and oxygen atoms in total. The predicted molar refractivity (Wildman–Crippen MR) is 85.3 cm³/mol. The van der Waals surface area contributed by atoms with E-state index in [0.29, 0.717) is 13.0 Å². The Labute approximate surface area is 136 Å². The maximum atomic E-state index is 13.0. The molecule has 2 aliphatic rings. The van der Waals surface area contributed by atoms with Gasteiger partial charge in [-0.15, -0.1) is 0 Å². The van der Waals surface area contributed by atoms with Gasteiger partial charge in [0.1, 0.15) is 11.9 Å². The molecule has 3 rings (SSSR count). The Bertz CT molecular complexity index is 600. The topological polar surface area (TPSA) is 49.4 Å². The second-order valence-electron chi connectivity index (χ2n) is 6.89.